The number of fused-ring (bicyclic) bond motifs is 1. The smallest absolute Gasteiger partial charge is 0.256 e. The Morgan fingerprint density at radius 2 is 1.86 bits per heavy atom. The van der Waals surface area contributed by atoms with Crippen LogP contribution < -0.4 is 5.32 Å². The first kappa shape index (κ1) is 18.9. The maximum atomic E-state index is 13.2. The fraction of sp³-hybridized carbons (Fsp3) is 0.0909. The van der Waals surface area contributed by atoms with Crippen molar-refractivity contribution in [2.24, 2.45) is 0 Å². The average molecular weight is 427 g/mol. The van der Waals surface area contributed by atoms with Crippen LogP contribution in [0.15, 0.2) is 53.9 Å². The van der Waals surface area contributed by atoms with Gasteiger partial charge in [-0.25, -0.2) is 4.98 Å². The molecule has 0 unspecified atom stereocenters. The predicted octanol–water partition coefficient (Wildman–Crippen LogP) is 7.14. The molecule has 28 heavy (non-hydrogen) atoms. The maximum absolute atomic E-state index is 13.2. The van der Waals surface area contributed by atoms with E-state index in [1.165, 1.54) is 0 Å². The number of aromatic nitrogens is 1. The van der Waals surface area contributed by atoms with Crippen LogP contribution in [0.1, 0.15) is 21.5 Å². The number of thiophene rings is 1. The summed E-state index contributed by atoms with van der Waals surface area (Å²) < 4.78 is 0. The van der Waals surface area contributed by atoms with Crippen molar-refractivity contribution < 1.29 is 4.79 Å². The first-order valence-electron chi connectivity index (χ1n) is 8.64. The Morgan fingerprint density at radius 3 is 2.57 bits per heavy atom. The van der Waals surface area contributed by atoms with Gasteiger partial charge in [-0.1, -0.05) is 40.9 Å². The van der Waals surface area contributed by atoms with Crippen molar-refractivity contribution in [3.05, 3.63) is 80.6 Å². The molecule has 2 aromatic carbocycles. The highest BCUT2D eigenvalue weighted by atomic mass is 35.5. The van der Waals surface area contributed by atoms with E-state index in [9.17, 15) is 4.79 Å². The molecule has 1 amide bonds. The molecule has 0 aliphatic rings. The van der Waals surface area contributed by atoms with E-state index in [2.05, 4.69) is 11.4 Å². The highest BCUT2D eigenvalue weighted by Gasteiger charge is 2.17. The van der Waals surface area contributed by atoms with Crippen LogP contribution in [0.3, 0.4) is 0 Å². The van der Waals surface area contributed by atoms with Gasteiger partial charge in [0.25, 0.3) is 5.91 Å². The Labute approximate surface area is 177 Å². The number of pyridine rings is 1. The van der Waals surface area contributed by atoms with E-state index < -0.39 is 0 Å². The minimum atomic E-state index is -0.214. The number of amides is 1. The summed E-state index contributed by atoms with van der Waals surface area (Å²) in [6.45, 7) is 4.03. The van der Waals surface area contributed by atoms with E-state index in [1.807, 2.05) is 43.5 Å². The lowest BCUT2D eigenvalue weighted by Crippen LogP contribution is -2.13. The molecular formula is C22H16Cl2N2OS. The molecule has 0 radical (unpaired) electrons. The number of halogens is 2. The van der Waals surface area contributed by atoms with Gasteiger partial charge >= 0.3 is 0 Å². The van der Waals surface area contributed by atoms with Crippen LogP contribution in [0.2, 0.25) is 10.0 Å². The van der Waals surface area contributed by atoms with E-state index in [1.54, 1.807) is 29.5 Å². The van der Waals surface area contributed by atoms with Gasteiger partial charge in [0.05, 0.1) is 31.7 Å². The van der Waals surface area contributed by atoms with E-state index in [-0.39, 0.29) is 5.91 Å². The van der Waals surface area contributed by atoms with Gasteiger partial charge in [0.15, 0.2) is 0 Å². The zero-order chi connectivity index (χ0) is 19.8. The number of aryl methyl sites for hydroxylation is 2. The van der Waals surface area contributed by atoms with Crippen molar-refractivity contribution in [3.8, 4) is 10.6 Å². The zero-order valence-electron chi connectivity index (χ0n) is 15.2. The standard InChI is InChI=1S/C22H16Cl2N2OS/c1-12-8-13(2)21-15(9-12)16(11-19(26-21)20-4-3-7-28-20)22(27)25-14-5-6-17(23)18(24)10-14/h3-11H,1-2H3,(H,25,27). The molecule has 0 aliphatic heterocycles. The third-order valence-electron chi connectivity index (χ3n) is 4.44. The van der Waals surface area contributed by atoms with Crippen LogP contribution in [-0.4, -0.2) is 10.9 Å². The summed E-state index contributed by atoms with van der Waals surface area (Å²) in [6, 6.07) is 14.9. The molecule has 2 aromatic heterocycles. The van der Waals surface area contributed by atoms with E-state index in [0.717, 1.165) is 32.6 Å². The monoisotopic (exact) mass is 426 g/mol. The predicted molar refractivity (Wildman–Crippen MR) is 119 cm³/mol. The fourth-order valence-electron chi connectivity index (χ4n) is 3.19. The summed E-state index contributed by atoms with van der Waals surface area (Å²) in [4.78, 5) is 19.0. The second-order valence-electron chi connectivity index (χ2n) is 6.59. The van der Waals surface area contributed by atoms with E-state index in [4.69, 9.17) is 28.2 Å². The van der Waals surface area contributed by atoms with Crippen molar-refractivity contribution in [1.82, 2.24) is 4.98 Å². The van der Waals surface area contributed by atoms with Crippen molar-refractivity contribution in [2.75, 3.05) is 5.32 Å². The number of nitrogens with one attached hydrogen (secondary N) is 1. The Kier molecular flexibility index (Phi) is 5.11. The first-order valence-corrected chi connectivity index (χ1v) is 10.3. The second kappa shape index (κ2) is 7.55. The molecule has 4 aromatic rings. The van der Waals surface area contributed by atoms with Crippen LogP contribution in [0, 0.1) is 13.8 Å². The van der Waals surface area contributed by atoms with Gasteiger partial charge in [0.1, 0.15) is 0 Å². The van der Waals surface area contributed by atoms with Gasteiger partial charge in [0.2, 0.25) is 0 Å². The Bertz CT molecular complexity index is 1200. The molecular weight excluding hydrogens is 411 g/mol. The van der Waals surface area contributed by atoms with Gasteiger partial charge < -0.3 is 5.32 Å². The number of nitrogens with zero attached hydrogens (tertiary/aromatic N) is 1. The van der Waals surface area contributed by atoms with E-state index >= 15 is 0 Å². The summed E-state index contributed by atoms with van der Waals surface area (Å²) in [7, 11) is 0. The molecule has 0 bridgehead atoms. The van der Waals surface area contributed by atoms with E-state index in [0.29, 0.717) is 21.3 Å². The van der Waals surface area contributed by atoms with Crippen molar-refractivity contribution >= 4 is 57.0 Å². The molecule has 0 saturated carbocycles. The van der Waals surface area contributed by atoms with Crippen molar-refractivity contribution in [1.29, 1.82) is 0 Å². The number of rotatable bonds is 3. The van der Waals surface area contributed by atoms with Gasteiger partial charge in [-0.15, -0.1) is 11.3 Å². The van der Waals surface area contributed by atoms with Crippen LogP contribution in [0.5, 0.6) is 0 Å². The topological polar surface area (TPSA) is 42.0 Å². The average Bonchev–Trinajstić information content (AvgIpc) is 3.19. The SMILES string of the molecule is Cc1cc(C)c2nc(-c3cccs3)cc(C(=O)Nc3ccc(Cl)c(Cl)c3)c2c1. The van der Waals surface area contributed by atoms with Gasteiger partial charge in [-0.3, -0.25) is 4.79 Å². The minimum absolute atomic E-state index is 0.214. The van der Waals surface area contributed by atoms with Crippen LogP contribution >= 0.6 is 34.5 Å². The number of carbonyl (C=O) groups excluding carboxylic acids is 1. The number of anilines is 1. The summed E-state index contributed by atoms with van der Waals surface area (Å²) in [5.74, 6) is -0.214. The fourth-order valence-corrected chi connectivity index (χ4v) is 4.18. The summed E-state index contributed by atoms with van der Waals surface area (Å²) >= 11 is 13.6. The highest BCUT2D eigenvalue weighted by molar-refractivity contribution is 7.13. The summed E-state index contributed by atoms with van der Waals surface area (Å²) in [5.41, 5.74) is 4.90. The molecule has 3 nitrogen and oxygen atoms in total. The number of hydrogen-bond donors (Lipinski definition) is 1. The Morgan fingerprint density at radius 1 is 1.04 bits per heavy atom. The zero-order valence-corrected chi connectivity index (χ0v) is 17.5. The normalized spacial score (nSPS) is 11.0. The van der Waals surface area contributed by atoms with Crippen molar-refractivity contribution in [2.45, 2.75) is 13.8 Å². The third kappa shape index (κ3) is 3.63. The third-order valence-corrected chi connectivity index (χ3v) is 6.08. The summed E-state index contributed by atoms with van der Waals surface area (Å²) in [5, 5.41) is 6.59. The molecule has 0 spiro atoms. The van der Waals surface area contributed by atoms with Crippen LogP contribution in [0.25, 0.3) is 21.5 Å². The minimum Gasteiger partial charge on any atom is -0.322 e. The molecule has 6 heteroatoms. The quantitative estimate of drug-likeness (QED) is 0.378. The molecule has 4 rings (SSSR count). The molecule has 0 aliphatic carbocycles. The lowest BCUT2D eigenvalue weighted by molar-refractivity contribution is 0.102. The molecule has 2 heterocycles. The Balaban J connectivity index is 1.86. The molecule has 0 fully saturated rings. The molecule has 1 N–H and O–H groups in total. The Hall–Kier alpha value is -2.40. The van der Waals surface area contributed by atoms with Crippen LogP contribution in [0.4, 0.5) is 5.69 Å². The first-order chi connectivity index (χ1) is 13.4. The lowest BCUT2D eigenvalue weighted by atomic mass is 10.0. The molecule has 0 saturated heterocycles. The highest BCUT2D eigenvalue weighted by Crippen LogP contribution is 2.31. The van der Waals surface area contributed by atoms with Crippen molar-refractivity contribution in [3.63, 3.8) is 0 Å². The molecule has 0 atom stereocenters. The number of benzene rings is 2. The van der Waals surface area contributed by atoms with Gasteiger partial charge in [-0.05, 0) is 61.2 Å². The summed E-state index contributed by atoms with van der Waals surface area (Å²) in [6.07, 6.45) is 0. The van der Waals surface area contributed by atoms with Gasteiger partial charge in [0, 0.05) is 11.1 Å². The number of carbonyl (C=O) groups is 1. The maximum Gasteiger partial charge on any atom is 0.256 e. The van der Waals surface area contributed by atoms with Gasteiger partial charge in [-0.2, -0.15) is 0 Å². The molecule has 140 valence electrons. The lowest BCUT2D eigenvalue weighted by Gasteiger charge is -2.13. The van der Waals surface area contributed by atoms with Crippen LogP contribution in [-0.2, 0) is 0 Å². The second-order valence-corrected chi connectivity index (χ2v) is 8.36. The number of hydrogen-bond acceptors (Lipinski definition) is 3. The largest absolute Gasteiger partial charge is 0.322 e.